The van der Waals surface area contributed by atoms with E-state index in [-0.39, 0.29) is 17.8 Å². The van der Waals surface area contributed by atoms with Gasteiger partial charge in [-0.3, -0.25) is 4.79 Å². The lowest BCUT2D eigenvalue weighted by molar-refractivity contribution is -0.136. The molecule has 0 spiro atoms. The van der Waals surface area contributed by atoms with E-state index in [2.05, 4.69) is 0 Å². The van der Waals surface area contributed by atoms with Crippen LogP contribution in [0.25, 0.3) is 5.57 Å². The molecule has 0 aliphatic carbocycles. The van der Waals surface area contributed by atoms with Crippen LogP contribution in [0.15, 0.2) is 54.3 Å². The highest BCUT2D eigenvalue weighted by atomic mass is 16.5. The van der Waals surface area contributed by atoms with Crippen LogP contribution in [0, 0.1) is 13.8 Å². The minimum atomic E-state index is -1.09. The molecule has 0 amide bonds. The maximum absolute atomic E-state index is 12.3. The van der Waals surface area contributed by atoms with Gasteiger partial charge in [-0.2, -0.15) is 0 Å². The summed E-state index contributed by atoms with van der Waals surface area (Å²) in [6.07, 6.45) is 0.264. The fraction of sp³-hybridized carbons (Fsp3) is 0.200. The molecule has 0 aromatic heterocycles. The summed E-state index contributed by atoms with van der Waals surface area (Å²) in [5.41, 5.74) is 3.36. The summed E-state index contributed by atoms with van der Waals surface area (Å²) in [7, 11) is 0. The number of carbonyl (C=O) groups excluding carboxylic acids is 1. The minimum absolute atomic E-state index is 0.0672. The minimum Gasteiger partial charge on any atom is -0.478 e. The number of aliphatic carboxylic acids is 1. The highest BCUT2D eigenvalue weighted by molar-refractivity contribution is 6.17. The van der Waals surface area contributed by atoms with Crippen LogP contribution in [0.3, 0.4) is 0 Å². The molecule has 1 N–H and O–H groups in total. The second-order valence-corrected chi connectivity index (χ2v) is 5.95. The van der Waals surface area contributed by atoms with E-state index in [0.717, 1.165) is 16.7 Å². The average molecular weight is 322 g/mol. The predicted octanol–water partition coefficient (Wildman–Crippen LogP) is 3.83. The number of carboxylic acids is 1. The van der Waals surface area contributed by atoms with Gasteiger partial charge in [0.2, 0.25) is 0 Å². The second-order valence-electron chi connectivity index (χ2n) is 5.95. The van der Waals surface area contributed by atoms with E-state index in [9.17, 15) is 14.7 Å². The fourth-order valence-electron chi connectivity index (χ4n) is 3.11. The Hall–Kier alpha value is -2.88. The Kier molecular flexibility index (Phi) is 4.21. The van der Waals surface area contributed by atoms with Gasteiger partial charge >= 0.3 is 11.9 Å². The molecular weight excluding hydrogens is 304 g/mol. The van der Waals surface area contributed by atoms with E-state index in [1.807, 2.05) is 50.2 Å². The third kappa shape index (κ3) is 2.83. The van der Waals surface area contributed by atoms with Gasteiger partial charge in [-0.05, 0) is 36.1 Å². The van der Waals surface area contributed by atoms with Crippen LogP contribution in [-0.4, -0.2) is 17.0 Å². The number of ether oxygens (including phenoxy) is 1. The lowest BCUT2D eigenvalue weighted by Crippen LogP contribution is -2.07. The van der Waals surface area contributed by atoms with Crippen LogP contribution in [0.4, 0.5) is 0 Å². The maximum atomic E-state index is 12.3. The standard InChI is InChI=1S/C20H18O4/c1-12-7-3-5-9-14(12)16-11-17(24-20(16)23)18(19(21)22)15-10-6-4-8-13(15)2/h3-10,16H,11H2,1-2H3,(H,21,22)/b18-17+. The van der Waals surface area contributed by atoms with Crippen molar-refractivity contribution in [2.75, 3.05) is 0 Å². The molecule has 1 aliphatic heterocycles. The van der Waals surface area contributed by atoms with Gasteiger partial charge in [-0.25, -0.2) is 4.79 Å². The van der Waals surface area contributed by atoms with Crippen LogP contribution in [0.2, 0.25) is 0 Å². The van der Waals surface area contributed by atoms with Gasteiger partial charge < -0.3 is 9.84 Å². The van der Waals surface area contributed by atoms with Crippen molar-refractivity contribution in [3.05, 3.63) is 76.5 Å². The molecule has 0 bridgehead atoms. The Morgan fingerprint density at radius 3 is 2.29 bits per heavy atom. The largest absolute Gasteiger partial charge is 0.478 e. The quantitative estimate of drug-likeness (QED) is 0.689. The van der Waals surface area contributed by atoms with Crippen LogP contribution < -0.4 is 0 Å². The molecule has 1 saturated heterocycles. The van der Waals surface area contributed by atoms with Crippen molar-refractivity contribution in [1.82, 2.24) is 0 Å². The molecule has 1 aliphatic rings. The molecule has 1 fully saturated rings. The van der Waals surface area contributed by atoms with E-state index < -0.39 is 17.9 Å². The third-order valence-corrected chi connectivity index (χ3v) is 4.37. The Morgan fingerprint density at radius 1 is 1.04 bits per heavy atom. The first-order valence-corrected chi connectivity index (χ1v) is 7.78. The van der Waals surface area contributed by atoms with E-state index >= 15 is 0 Å². The van der Waals surface area contributed by atoms with Crippen LogP contribution >= 0.6 is 0 Å². The van der Waals surface area contributed by atoms with Crippen molar-refractivity contribution in [2.45, 2.75) is 26.2 Å². The predicted molar refractivity (Wildman–Crippen MR) is 90.4 cm³/mol. The van der Waals surface area contributed by atoms with Crippen molar-refractivity contribution < 1.29 is 19.4 Å². The number of hydrogen-bond donors (Lipinski definition) is 1. The molecule has 4 nitrogen and oxygen atoms in total. The highest BCUT2D eigenvalue weighted by Crippen LogP contribution is 2.38. The van der Waals surface area contributed by atoms with Crippen molar-refractivity contribution in [1.29, 1.82) is 0 Å². The smallest absolute Gasteiger partial charge is 0.339 e. The molecule has 0 saturated carbocycles. The van der Waals surface area contributed by atoms with Gasteiger partial charge in [0.25, 0.3) is 0 Å². The molecule has 0 radical (unpaired) electrons. The Bertz CT molecular complexity index is 848. The summed E-state index contributed by atoms with van der Waals surface area (Å²) >= 11 is 0. The van der Waals surface area contributed by atoms with Crippen molar-refractivity contribution in [2.24, 2.45) is 0 Å². The zero-order valence-corrected chi connectivity index (χ0v) is 13.6. The zero-order chi connectivity index (χ0) is 17.3. The van der Waals surface area contributed by atoms with Crippen LogP contribution in [0.1, 0.15) is 34.6 Å². The topological polar surface area (TPSA) is 63.6 Å². The summed E-state index contributed by atoms with van der Waals surface area (Å²) < 4.78 is 5.38. The lowest BCUT2D eigenvalue weighted by Gasteiger charge is -2.09. The number of hydrogen-bond acceptors (Lipinski definition) is 3. The van der Waals surface area contributed by atoms with Crippen LogP contribution in [0.5, 0.6) is 0 Å². The molecule has 2 aromatic carbocycles. The molecular formula is C20H18O4. The second kappa shape index (κ2) is 6.32. The third-order valence-electron chi connectivity index (χ3n) is 4.37. The molecule has 1 heterocycles. The van der Waals surface area contributed by atoms with Gasteiger partial charge in [0, 0.05) is 6.42 Å². The highest BCUT2D eigenvalue weighted by Gasteiger charge is 2.36. The van der Waals surface area contributed by atoms with E-state index in [1.165, 1.54) is 0 Å². The molecule has 3 rings (SSSR count). The average Bonchev–Trinajstić information content (AvgIpc) is 2.91. The molecule has 24 heavy (non-hydrogen) atoms. The first kappa shape index (κ1) is 16.0. The van der Waals surface area contributed by atoms with E-state index in [1.54, 1.807) is 12.1 Å². The number of cyclic esters (lactones) is 1. The Morgan fingerprint density at radius 2 is 1.67 bits per heavy atom. The normalized spacial score (nSPS) is 19.1. The van der Waals surface area contributed by atoms with Crippen LogP contribution in [-0.2, 0) is 14.3 Å². The zero-order valence-electron chi connectivity index (χ0n) is 13.6. The SMILES string of the molecule is Cc1ccccc1/C(C(=O)O)=C1/CC(c2ccccc2C)C(=O)O1. The molecule has 1 unspecified atom stereocenters. The summed E-state index contributed by atoms with van der Waals surface area (Å²) in [6, 6.07) is 14.8. The monoisotopic (exact) mass is 322 g/mol. The Balaban J connectivity index is 2.07. The summed E-state index contributed by atoms with van der Waals surface area (Å²) in [6.45, 7) is 3.78. The molecule has 4 heteroatoms. The first-order valence-electron chi connectivity index (χ1n) is 7.78. The molecule has 1 atom stereocenters. The van der Waals surface area contributed by atoms with E-state index in [0.29, 0.717) is 5.56 Å². The molecule has 122 valence electrons. The van der Waals surface area contributed by atoms with Gasteiger partial charge in [-0.1, -0.05) is 48.5 Å². The fourth-order valence-corrected chi connectivity index (χ4v) is 3.11. The van der Waals surface area contributed by atoms with Crippen molar-refractivity contribution >= 4 is 17.5 Å². The Labute approximate surface area is 140 Å². The first-order chi connectivity index (χ1) is 11.5. The maximum Gasteiger partial charge on any atom is 0.339 e. The van der Waals surface area contributed by atoms with Crippen molar-refractivity contribution in [3.8, 4) is 0 Å². The van der Waals surface area contributed by atoms with E-state index in [4.69, 9.17) is 4.74 Å². The summed E-state index contributed by atoms with van der Waals surface area (Å²) in [5.74, 6) is -1.71. The van der Waals surface area contributed by atoms with Gasteiger partial charge in [0.1, 0.15) is 11.3 Å². The number of allylic oxidation sites excluding steroid dienone is 1. The van der Waals surface area contributed by atoms with Crippen molar-refractivity contribution in [3.63, 3.8) is 0 Å². The molecule has 2 aromatic rings. The number of benzene rings is 2. The number of carboxylic acid groups (broad SMARTS) is 1. The van der Waals surface area contributed by atoms with Gasteiger partial charge in [0.05, 0.1) is 5.92 Å². The van der Waals surface area contributed by atoms with Gasteiger partial charge in [-0.15, -0.1) is 0 Å². The van der Waals surface area contributed by atoms with Gasteiger partial charge in [0.15, 0.2) is 0 Å². The number of aryl methyl sites for hydroxylation is 2. The number of esters is 1. The lowest BCUT2D eigenvalue weighted by atomic mass is 9.91. The summed E-state index contributed by atoms with van der Waals surface area (Å²) in [5, 5.41) is 9.66. The number of carbonyl (C=O) groups is 2. The summed E-state index contributed by atoms with van der Waals surface area (Å²) in [4.78, 5) is 24.1. The number of rotatable bonds is 3.